The van der Waals surface area contributed by atoms with Crippen LogP contribution in [0.1, 0.15) is 37.1 Å². The minimum absolute atomic E-state index is 0.00357. The molecule has 2 fully saturated rings. The molecule has 2 heterocycles. The topological polar surface area (TPSA) is 61.4 Å². The molecule has 2 aliphatic rings. The second kappa shape index (κ2) is 9.91. The largest absolute Gasteiger partial charge is 0.367 e. The molecule has 1 aliphatic carbocycles. The zero-order chi connectivity index (χ0) is 20.1. The SMILES string of the molecule is Cc1nnc(SCC(=O)Nc2ccccc2N2CCN(C3CCCCC3)CC2)s1. The second-order valence-corrected chi connectivity index (χ2v) is 10.2. The van der Waals surface area contributed by atoms with E-state index in [9.17, 15) is 4.79 Å². The molecule has 0 radical (unpaired) electrons. The molecule has 1 aliphatic heterocycles. The third kappa shape index (κ3) is 5.49. The average Bonchev–Trinajstić information content (AvgIpc) is 3.19. The highest BCUT2D eigenvalue weighted by Gasteiger charge is 2.26. The van der Waals surface area contributed by atoms with Crippen molar-refractivity contribution in [3.63, 3.8) is 0 Å². The molecule has 1 aromatic carbocycles. The number of amides is 1. The number of anilines is 2. The molecular formula is C21H29N5OS2. The Kier molecular flexibility index (Phi) is 7.05. The zero-order valence-corrected chi connectivity index (χ0v) is 18.6. The van der Waals surface area contributed by atoms with Gasteiger partial charge in [-0.05, 0) is 31.9 Å². The lowest BCUT2D eigenvalue weighted by Crippen LogP contribution is -2.51. The molecule has 29 heavy (non-hydrogen) atoms. The van der Waals surface area contributed by atoms with E-state index in [1.54, 1.807) is 0 Å². The van der Waals surface area contributed by atoms with Gasteiger partial charge in [-0.1, -0.05) is 54.5 Å². The number of para-hydroxylation sites is 2. The minimum atomic E-state index is -0.00357. The fourth-order valence-corrected chi connectivity index (χ4v) is 5.90. The number of benzene rings is 1. The van der Waals surface area contributed by atoms with Crippen molar-refractivity contribution >= 4 is 40.4 Å². The third-order valence-corrected chi connectivity index (χ3v) is 7.73. The first kappa shape index (κ1) is 20.6. The maximum Gasteiger partial charge on any atom is 0.234 e. The van der Waals surface area contributed by atoms with Crippen molar-refractivity contribution in [3.8, 4) is 0 Å². The second-order valence-electron chi connectivity index (χ2n) is 7.76. The summed E-state index contributed by atoms with van der Waals surface area (Å²) in [7, 11) is 0. The first-order chi connectivity index (χ1) is 14.2. The summed E-state index contributed by atoms with van der Waals surface area (Å²) in [5.74, 6) is 0.342. The molecule has 156 valence electrons. The summed E-state index contributed by atoms with van der Waals surface area (Å²) in [6.07, 6.45) is 6.89. The molecule has 1 saturated heterocycles. The van der Waals surface area contributed by atoms with Crippen molar-refractivity contribution in [1.82, 2.24) is 15.1 Å². The fraction of sp³-hybridized carbons (Fsp3) is 0.571. The maximum absolute atomic E-state index is 12.5. The number of hydrogen-bond acceptors (Lipinski definition) is 7. The van der Waals surface area contributed by atoms with Crippen LogP contribution in [-0.2, 0) is 4.79 Å². The van der Waals surface area contributed by atoms with Crippen LogP contribution in [-0.4, -0.2) is 59.0 Å². The van der Waals surface area contributed by atoms with Gasteiger partial charge >= 0.3 is 0 Å². The monoisotopic (exact) mass is 431 g/mol. The van der Waals surface area contributed by atoms with E-state index in [-0.39, 0.29) is 5.91 Å². The van der Waals surface area contributed by atoms with Gasteiger partial charge in [-0.15, -0.1) is 10.2 Å². The Morgan fingerprint density at radius 3 is 2.62 bits per heavy atom. The van der Waals surface area contributed by atoms with Gasteiger partial charge in [-0.25, -0.2) is 0 Å². The Hall–Kier alpha value is -1.64. The lowest BCUT2D eigenvalue weighted by molar-refractivity contribution is -0.113. The summed E-state index contributed by atoms with van der Waals surface area (Å²) in [5, 5.41) is 12.1. The van der Waals surface area contributed by atoms with Gasteiger partial charge in [0.1, 0.15) is 5.01 Å². The van der Waals surface area contributed by atoms with Crippen molar-refractivity contribution < 1.29 is 4.79 Å². The van der Waals surface area contributed by atoms with E-state index in [2.05, 4.69) is 37.4 Å². The van der Waals surface area contributed by atoms with Crippen molar-refractivity contribution in [1.29, 1.82) is 0 Å². The van der Waals surface area contributed by atoms with Crippen LogP contribution < -0.4 is 10.2 Å². The Bertz CT molecular complexity index is 813. The van der Waals surface area contributed by atoms with Crippen molar-refractivity contribution in [2.75, 3.05) is 42.1 Å². The Labute approximate surface area is 181 Å². The lowest BCUT2D eigenvalue weighted by Gasteiger charge is -2.42. The highest BCUT2D eigenvalue weighted by atomic mass is 32.2. The smallest absolute Gasteiger partial charge is 0.234 e. The van der Waals surface area contributed by atoms with E-state index < -0.39 is 0 Å². The Morgan fingerprint density at radius 1 is 1.14 bits per heavy atom. The Balaban J connectivity index is 1.32. The molecule has 0 unspecified atom stereocenters. The standard InChI is InChI=1S/C21H29N5OS2/c1-16-23-24-21(29-16)28-15-20(27)22-18-9-5-6-10-19(18)26-13-11-25(12-14-26)17-7-3-2-4-8-17/h5-6,9-10,17H,2-4,7-8,11-15H2,1H3,(H,22,27). The van der Waals surface area contributed by atoms with Gasteiger partial charge < -0.3 is 10.2 Å². The molecule has 4 rings (SSSR count). The fourth-order valence-electron chi connectivity index (χ4n) is 4.28. The van der Waals surface area contributed by atoms with Crippen LogP contribution in [0.5, 0.6) is 0 Å². The van der Waals surface area contributed by atoms with Crippen LogP contribution >= 0.6 is 23.1 Å². The van der Waals surface area contributed by atoms with E-state index >= 15 is 0 Å². The van der Waals surface area contributed by atoms with E-state index in [4.69, 9.17) is 0 Å². The molecule has 1 aromatic heterocycles. The molecule has 0 atom stereocenters. The van der Waals surface area contributed by atoms with Crippen LogP contribution in [0.15, 0.2) is 28.6 Å². The first-order valence-corrected chi connectivity index (χ1v) is 12.3. The molecule has 1 saturated carbocycles. The number of carbonyl (C=O) groups excluding carboxylic acids is 1. The molecule has 0 bridgehead atoms. The number of aryl methyl sites for hydroxylation is 1. The van der Waals surface area contributed by atoms with Crippen LogP contribution in [0.4, 0.5) is 11.4 Å². The number of carbonyl (C=O) groups is 1. The summed E-state index contributed by atoms with van der Waals surface area (Å²) >= 11 is 2.96. The third-order valence-electron chi connectivity index (χ3n) is 5.76. The van der Waals surface area contributed by atoms with E-state index in [0.29, 0.717) is 5.75 Å². The normalized spacial score (nSPS) is 18.7. The number of piperazine rings is 1. The van der Waals surface area contributed by atoms with E-state index in [0.717, 1.165) is 52.9 Å². The number of rotatable bonds is 6. The predicted octanol–water partition coefficient (Wildman–Crippen LogP) is 4.03. The molecular weight excluding hydrogens is 402 g/mol. The number of nitrogens with one attached hydrogen (secondary N) is 1. The van der Waals surface area contributed by atoms with Gasteiger partial charge in [0.15, 0.2) is 4.34 Å². The average molecular weight is 432 g/mol. The van der Waals surface area contributed by atoms with Crippen LogP contribution in [0.3, 0.4) is 0 Å². The van der Waals surface area contributed by atoms with Crippen molar-refractivity contribution in [2.24, 2.45) is 0 Å². The molecule has 6 nitrogen and oxygen atoms in total. The predicted molar refractivity (Wildman–Crippen MR) is 121 cm³/mol. The molecule has 0 spiro atoms. The highest BCUT2D eigenvalue weighted by molar-refractivity contribution is 8.01. The molecule has 2 aromatic rings. The van der Waals surface area contributed by atoms with E-state index in [1.165, 1.54) is 55.2 Å². The van der Waals surface area contributed by atoms with Crippen molar-refractivity contribution in [2.45, 2.75) is 49.4 Å². The zero-order valence-electron chi connectivity index (χ0n) is 17.0. The number of thioether (sulfide) groups is 1. The highest BCUT2D eigenvalue weighted by Crippen LogP contribution is 2.29. The van der Waals surface area contributed by atoms with E-state index in [1.807, 2.05) is 19.1 Å². The number of nitrogens with zero attached hydrogens (tertiary/aromatic N) is 4. The molecule has 1 N–H and O–H groups in total. The molecule has 1 amide bonds. The maximum atomic E-state index is 12.5. The first-order valence-electron chi connectivity index (χ1n) is 10.5. The number of hydrogen-bond donors (Lipinski definition) is 1. The molecule has 8 heteroatoms. The van der Waals surface area contributed by atoms with Gasteiger partial charge in [0.2, 0.25) is 5.91 Å². The quantitative estimate of drug-likeness (QED) is 0.697. The van der Waals surface area contributed by atoms with Gasteiger partial charge in [0.05, 0.1) is 17.1 Å². The summed E-state index contributed by atoms with van der Waals surface area (Å²) in [6, 6.07) is 8.94. The van der Waals surface area contributed by atoms with Crippen LogP contribution in [0.25, 0.3) is 0 Å². The summed E-state index contributed by atoms with van der Waals surface area (Å²) in [5.41, 5.74) is 2.03. The minimum Gasteiger partial charge on any atom is -0.367 e. The van der Waals surface area contributed by atoms with Gasteiger partial charge in [0, 0.05) is 32.2 Å². The summed E-state index contributed by atoms with van der Waals surface area (Å²) < 4.78 is 0.838. The van der Waals surface area contributed by atoms with Crippen LogP contribution in [0, 0.1) is 6.92 Å². The van der Waals surface area contributed by atoms with Gasteiger partial charge in [-0.2, -0.15) is 0 Å². The van der Waals surface area contributed by atoms with Gasteiger partial charge in [0.25, 0.3) is 0 Å². The Morgan fingerprint density at radius 2 is 1.90 bits per heavy atom. The van der Waals surface area contributed by atoms with Gasteiger partial charge in [-0.3, -0.25) is 9.69 Å². The lowest BCUT2D eigenvalue weighted by atomic mass is 9.94. The van der Waals surface area contributed by atoms with Crippen molar-refractivity contribution in [3.05, 3.63) is 29.3 Å². The van der Waals surface area contributed by atoms with Crippen LogP contribution in [0.2, 0.25) is 0 Å². The summed E-state index contributed by atoms with van der Waals surface area (Å²) in [6.45, 7) is 6.18. The summed E-state index contributed by atoms with van der Waals surface area (Å²) in [4.78, 5) is 17.6. The number of aromatic nitrogens is 2.